The third-order valence-electron chi connectivity index (χ3n) is 4.49. The summed E-state index contributed by atoms with van der Waals surface area (Å²) in [4.78, 5) is 28.8. The summed E-state index contributed by atoms with van der Waals surface area (Å²) in [6.45, 7) is 0. The number of aromatic nitrogens is 1. The van der Waals surface area contributed by atoms with E-state index in [1.807, 2.05) is 24.3 Å². The van der Waals surface area contributed by atoms with Gasteiger partial charge in [0.05, 0.1) is 5.02 Å². The summed E-state index contributed by atoms with van der Waals surface area (Å²) in [6.07, 6.45) is 4.68. The van der Waals surface area contributed by atoms with Crippen LogP contribution in [0.2, 0.25) is 5.02 Å². The highest BCUT2D eigenvalue weighted by Gasteiger charge is 2.09. The Kier molecular flexibility index (Phi) is 6.49. The number of nitrogens with zero attached hydrogens (tertiary/aromatic N) is 1. The number of carbonyl (C=O) groups is 2. The summed E-state index contributed by atoms with van der Waals surface area (Å²) in [5, 5.41) is 6.95. The molecule has 4 rings (SSSR count). The number of rotatable bonds is 6. The molecule has 2 aromatic carbocycles. The number of amides is 2. The molecule has 0 unspecified atom stereocenters. The quantitative estimate of drug-likeness (QED) is 0.356. The predicted octanol–water partition coefficient (Wildman–Crippen LogP) is 5.75. The molecule has 0 saturated carbocycles. The molecule has 0 bridgehead atoms. The van der Waals surface area contributed by atoms with Crippen LogP contribution >= 0.6 is 22.9 Å². The van der Waals surface area contributed by atoms with Gasteiger partial charge in [-0.05, 0) is 42.5 Å². The summed E-state index contributed by atoms with van der Waals surface area (Å²) in [6, 6.07) is 18.0. The normalized spacial score (nSPS) is 10.9. The van der Waals surface area contributed by atoms with Crippen molar-refractivity contribution in [2.24, 2.45) is 0 Å². The van der Waals surface area contributed by atoms with Crippen molar-refractivity contribution >= 4 is 56.6 Å². The standard InChI is InChI=1S/C24H18ClN3O3S/c1-26-24(30)19-14-17(12-13-27-19)31-16-8-6-15(7-9-16)28-22(29)11-10-21-23(25)18-4-2-3-5-20(18)32-21/h2-14H,1H3,(H,26,30)(H,28,29)/b11-10+. The van der Waals surface area contributed by atoms with Crippen molar-refractivity contribution in [1.82, 2.24) is 10.3 Å². The first kappa shape index (κ1) is 21.5. The van der Waals surface area contributed by atoms with Crippen molar-refractivity contribution < 1.29 is 14.3 Å². The molecule has 160 valence electrons. The molecule has 2 N–H and O–H groups in total. The molecule has 8 heteroatoms. The minimum absolute atomic E-state index is 0.263. The zero-order chi connectivity index (χ0) is 22.5. The van der Waals surface area contributed by atoms with Crippen LogP contribution in [0.25, 0.3) is 16.2 Å². The lowest BCUT2D eigenvalue weighted by atomic mass is 10.2. The van der Waals surface area contributed by atoms with Gasteiger partial charge in [0.1, 0.15) is 17.2 Å². The predicted molar refractivity (Wildman–Crippen MR) is 129 cm³/mol. The van der Waals surface area contributed by atoms with Crippen LogP contribution in [0, 0.1) is 0 Å². The van der Waals surface area contributed by atoms with Crippen molar-refractivity contribution in [3.63, 3.8) is 0 Å². The van der Waals surface area contributed by atoms with E-state index < -0.39 is 0 Å². The minimum Gasteiger partial charge on any atom is -0.457 e. The van der Waals surface area contributed by atoms with Gasteiger partial charge in [-0.25, -0.2) is 0 Å². The van der Waals surface area contributed by atoms with Gasteiger partial charge in [-0.15, -0.1) is 11.3 Å². The Hall–Kier alpha value is -3.68. The molecule has 2 aromatic heterocycles. The Morgan fingerprint density at radius 3 is 2.59 bits per heavy atom. The second-order valence-electron chi connectivity index (χ2n) is 6.68. The topological polar surface area (TPSA) is 80.3 Å². The molecule has 0 atom stereocenters. The second kappa shape index (κ2) is 9.64. The van der Waals surface area contributed by atoms with Gasteiger partial charge in [-0.3, -0.25) is 14.6 Å². The lowest BCUT2D eigenvalue weighted by Crippen LogP contribution is -2.18. The van der Waals surface area contributed by atoms with Crippen LogP contribution in [0.1, 0.15) is 15.4 Å². The highest BCUT2D eigenvalue weighted by atomic mass is 35.5. The Morgan fingerprint density at radius 1 is 1.06 bits per heavy atom. The van der Waals surface area contributed by atoms with Crippen molar-refractivity contribution in [2.75, 3.05) is 12.4 Å². The van der Waals surface area contributed by atoms with E-state index in [-0.39, 0.29) is 17.5 Å². The minimum atomic E-state index is -0.293. The maximum atomic E-state index is 12.3. The summed E-state index contributed by atoms with van der Waals surface area (Å²) >= 11 is 7.94. The van der Waals surface area contributed by atoms with Crippen LogP contribution in [-0.2, 0) is 4.79 Å². The van der Waals surface area contributed by atoms with E-state index in [1.165, 1.54) is 30.7 Å². The third kappa shape index (κ3) is 4.96. The van der Waals surface area contributed by atoms with E-state index in [0.29, 0.717) is 22.2 Å². The molecular formula is C24H18ClN3O3S. The fraction of sp³-hybridized carbons (Fsp3) is 0.0417. The van der Waals surface area contributed by atoms with E-state index in [9.17, 15) is 9.59 Å². The van der Waals surface area contributed by atoms with Crippen molar-refractivity contribution in [1.29, 1.82) is 0 Å². The van der Waals surface area contributed by atoms with Crippen LogP contribution in [0.5, 0.6) is 11.5 Å². The van der Waals surface area contributed by atoms with Gasteiger partial charge in [0.15, 0.2) is 0 Å². The highest BCUT2D eigenvalue weighted by Crippen LogP contribution is 2.35. The van der Waals surface area contributed by atoms with Crippen LogP contribution in [0.3, 0.4) is 0 Å². The molecule has 6 nitrogen and oxygen atoms in total. The number of pyridine rings is 1. The SMILES string of the molecule is CNC(=O)c1cc(Oc2ccc(NC(=O)/C=C/c3sc4ccccc4c3Cl)cc2)ccn1. The number of nitrogens with one attached hydrogen (secondary N) is 2. The monoisotopic (exact) mass is 463 g/mol. The van der Waals surface area contributed by atoms with Gasteiger partial charge in [0, 0.05) is 46.0 Å². The first-order valence-corrected chi connectivity index (χ1v) is 10.8. The van der Waals surface area contributed by atoms with Crippen LogP contribution < -0.4 is 15.4 Å². The molecule has 0 aliphatic rings. The van der Waals surface area contributed by atoms with Crippen LogP contribution in [0.15, 0.2) is 72.9 Å². The lowest BCUT2D eigenvalue weighted by Gasteiger charge is -2.08. The maximum absolute atomic E-state index is 12.3. The number of carbonyl (C=O) groups excluding carboxylic acids is 2. The van der Waals surface area contributed by atoms with E-state index in [2.05, 4.69) is 15.6 Å². The molecule has 0 spiro atoms. The molecule has 0 aliphatic heterocycles. The average molecular weight is 464 g/mol. The molecule has 2 amide bonds. The number of fused-ring (bicyclic) bond motifs is 1. The summed E-state index contributed by atoms with van der Waals surface area (Å²) in [5.74, 6) is 0.484. The molecular weight excluding hydrogens is 446 g/mol. The Bertz CT molecular complexity index is 1320. The number of ether oxygens (including phenoxy) is 1. The second-order valence-corrected chi connectivity index (χ2v) is 8.14. The molecule has 0 saturated heterocycles. The zero-order valence-corrected chi connectivity index (χ0v) is 18.5. The fourth-order valence-electron chi connectivity index (χ4n) is 2.94. The summed E-state index contributed by atoms with van der Waals surface area (Å²) in [7, 11) is 1.54. The van der Waals surface area contributed by atoms with Gasteiger partial charge in [-0.2, -0.15) is 0 Å². The van der Waals surface area contributed by atoms with Crippen LogP contribution in [-0.4, -0.2) is 23.8 Å². The number of halogens is 1. The molecule has 2 heterocycles. The first-order valence-electron chi connectivity index (χ1n) is 9.65. The maximum Gasteiger partial charge on any atom is 0.269 e. The summed E-state index contributed by atoms with van der Waals surface area (Å²) in [5.41, 5.74) is 0.884. The van der Waals surface area contributed by atoms with E-state index in [4.69, 9.17) is 16.3 Å². The first-order chi connectivity index (χ1) is 15.5. The molecule has 4 aromatic rings. The fourth-order valence-corrected chi connectivity index (χ4v) is 4.34. The number of hydrogen-bond donors (Lipinski definition) is 2. The van der Waals surface area contributed by atoms with Crippen molar-refractivity contribution in [2.45, 2.75) is 0 Å². The average Bonchev–Trinajstić information content (AvgIpc) is 3.14. The molecule has 0 aliphatic carbocycles. The van der Waals surface area contributed by atoms with E-state index in [1.54, 1.807) is 42.5 Å². The van der Waals surface area contributed by atoms with Crippen molar-refractivity contribution in [3.8, 4) is 11.5 Å². The Balaban J connectivity index is 1.39. The van der Waals surface area contributed by atoms with Crippen molar-refractivity contribution in [3.05, 3.63) is 88.5 Å². The van der Waals surface area contributed by atoms with Gasteiger partial charge < -0.3 is 15.4 Å². The third-order valence-corrected chi connectivity index (χ3v) is 6.15. The Morgan fingerprint density at radius 2 is 1.84 bits per heavy atom. The van der Waals surface area contributed by atoms with E-state index >= 15 is 0 Å². The summed E-state index contributed by atoms with van der Waals surface area (Å²) < 4.78 is 6.83. The van der Waals surface area contributed by atoms with Gasteiger partial charge >= 0.3 is 0 Å². The lowest BCUT2D eigenvalue weighted by molar-refractivity contribution is -0.111. The zero-order valence-electron chi connectivity index (χ0n) is 17.0. The van der Waals surface area contributed by atoms with E-state index in [0.717, 1.165) is 15.0 Å². The largest absolute Gasteiger partial charge is 0.457 e. The number of anilines is 1. The van der Waals surface area contributed by atoms with Gasteiger partial charge in [-0.1, -0.05) is 29.8 Å². The molecule has 32 heavy (non-hydrogen) atoms. The van der Waals surface area contributed by atoms with Gasteiger partial charge in [0.25, 0.3) is 5.91 Å². The molecule has 0 radical (unpaired) electrons. The molecule has 0 fully saturated rings. The smallest absolute Gasteiger partial charge is 0.269 e. The number of benzene rings is 2. The van der Waals surface area contributed by atoms with Gasteiger partial charge in [0.2, 0.25) is 5.91 Å². The number of thiophene rings is 1. The van der Waals surface area contributed by atoms with Crippen LogP contribution in [0.4, 0.5) is 5.69 Å². The Labute approximate surface area is 193 Å². The highest BCUT2D eigenvalue weighted by molar-refractivity contribution is 7.20. The number of hydrogen-bond acceptors (Lipinski definition) is 5.